The molecule has 2 aromatic rings. The highest BCUT2D eigenvalue weighted by Crippen LogP contribution is 2.24. The van der Waals surface area contributed by atoms with E-state index >= 15 is 0 Å². The number of thioether (sulfide) groups is 1. The number of fused-ring (bicyclic) bond motifs is 1. The Morgan fingerprint density at radius 1 is 1.37 bits per heavy atom. The lowest BCUT2D eigenvalue weighted by molar-refractivity contribution is 0.263. The minimum atomic E-state index is 0.149. The molecule has 0 unspecified atom stereocenters. The largest absolute Gasteiger partial charge is 0.459 e. The van der Waals surface area contributed by atoms with Crippen molar-refractivity contribution in [2.75, 3.05) is 18.6 Å². The third-order valence-electron chi connectivity index (χ3n) is 3.20. The van der Waals surface area contributed by atoms with Crippen molar-refractivity contribution in [1.29, 1.82) is 0 Å². The van der Waals surface area contributed by atoms with Gasteiger partial charge in [0.25, 0.3) is 0 Å². The van der Waals surface area contributed by atoms with Gasteiger partial charge < -0.3 is 14.8 Å². The number of furan rings is 1. The molecule has 4 heteroatoms. The Morgan fingerprint density at radius 2 is 2.16 bits per heavy atom. The van der Waals surface area contributed by atoms with Crippen LogP contribution in [0.25, 0.3) is 11.0 Å². The monoisotopic (exact) mass is 279 g/mol. The Labute approximate surface area is 118 Å². The lowest BCUT2D eigenvalue weighted by atomic mass is 10.1. The topological polar surface area (TPSA) is 45.4 Å². The number of rotatable bonds is 7. The van der Waals surface area contributed by atoms with Crippen LogP contribution in [-0.4, -0.2) is 29.8 Å². The summed E-state index contributed by atoms with van der Waals surface area (Å²) in [6, 6.07) is 10.6. The Hall–Kier alpha value is -0.970. The van der Waals surface area contributed by atoms with Gasteiger partial charge in [0.2, 0.25) is 0 Å². The molecular weight excluding hydrogens is 258 g/mol. The standard InChI is InChI=1S/C15H21NO2S/c1-11(16-13(7-8-17)10-19-2)15-9-12-5-3-4-6-14(12)18-15/h3-6,9,11,13,16-17H,7-8,10H2,1-2H3/t11-,13+/m1/s1. The highest BCUT2D eigenvalue weighted by molar-refractivity contribution is 7.98. The maximum absolute atomic E-state index is 9.09. The first-order valence-corrected chi connectivity index (χ1v) is 7.98. The predicted octanol–water partition coefficient (Wildman–Crippen LogP) is 3.20. The van der Waals surface area contributed by atoms with E-state index in [1.165, 1.54) is 0 Å². The molecule has 0 aliphatic carbocycles. The fourth-order valence-electron chi connectivity index (χ4n) is 2.22. The quantitative estimate of drug-likeness (QED) is 0.817. The molecule has 0 saturated heterocycles. The summed E-state index contributed by atoms with van der Waals surface area (Å²) in [5.41, 5.74) is 0.926. The van der Waals surface area contributed by atoms with Gasteiger partial charge in [0.05, 0.1) is 6.04 Å². The molecule has 2 atom stereocenters. The van der Waals surface area contributed by atoms with Crippen molar-refractivity contribution in [1.82, 2.24) is 5.32 Å². The van der Waals surface area contributed by atoms with E-state index in [2.05, 4.69) is 30.6 Å². The molecular formula is C15H21NO2S. The van der Waals surface area contributed by atoms with E-state index < -0.39 is 0 Å². The van der Waals surface area contributed by atoms with Crippen molar-refractivity contribution in [3.63, 3.8) is 0 Å². The average Bonchev–Trinajstić information content (AvgIpc) is 2.83. The third kappa shape index (κ3) is 3.75. The Balaban J connectivity index is 2.07. The zero-order chi connectivity index (χ0) is 13.7. The molecule has 19 heavy (non-hydrogen) atoms. The van der Waals surface area contributed by atoms with Crippen LogP contribution >= 0.6 is 11.8 Å². The lowest BCUT2D eigenvalue weighted by Crippen LogP contribution is -2.34. The molecule has 0 saturated carbocycles. The number of aliphatic hydroxyl groups is 1. The molecule has 1 heterocycles. The normalized spacial score (nSPS) is 14.7. The lowest BCUT2D eigenvalue weighted by Gasteiger charge is -2.20. The van der Waals surface area contributed by atoms with Gasteiger partial charge >= 0.3 is 0 Å². The fourth-order valence-corrected chi connectivity index (χ4v) is 2.89. The Kier molecular flexibility index (Phi) is 5.31. The van der Waals surface area contributed by atoms with Gasteiger partial charge in [-0.25, -0.2) is 0 Å². The van der Waals surface area contributed by atoms with Gasteiger partial charge in [0, 0.05) is 23.8 Å². The molecule has 2 N–H and O–H groups in total. The maximum atomic E-state index is 9.09. The van der Waals surface area contributed by atoms with Gasteiger partial charge in [-0.3, -0.25) is 0 Å². The SMILES string of the molecule is CSC[C@H](CCO)N[C@H](C)c1cc2ccccc2o1. The summed E-state index contributed by atoms with van der Waals surface area (Å²) in [6.45, 7) is 2.31. The summed E-state index contributed by atoms with van der Waals surface area (Å²) in [4.78, 5) is 0. The van der Waals surface area contributed by atoms with E-state index in [-0.39, 0.29) is 12.6 Å². The maximum Gasteiger partial charge on any atom is 0.134 e. The minimum Gasteiger partial charge on any atom is -0.459 e. The summed E-state index contributed by atoms with van der Waals surface area (Å²) in [6.07, 6.45) is 2.85. The predicted molar refractivity (Wildman–Crippen MR) is 81.6 cm³/mol. The minimum absolute atomic E-state index is 0.149. The van der Waals surface area contributed by atoms with E-state index in [1.54, 1.807) is 11.8 Å². The van der Waals surface area contributed by atoms with Gasteiger partial charge in [-0.1, -0.05) is 18.2 Å². The highest BCUT2D eigenvalue weighted by atomic mass is 32.2. The second-order valence-electron chi connectivity index (χ2n) is 4.74. The number of aliphatic hydroxyl groups excluding tert-OH is 1. The third-order valence-corrected chi connectivity index (χ3v) is 3.94. The number of para-hydroxylation sites is 1. The zero-order valence-corrected chi connectivity index (χ0v) is 12.2. The van der Waals surface area contributed by atoms with Crippen LogP contribution in [0.2, 0.25) is 0 Å². The van der Waals surface area contributed by atoms with Crippen molar-refractivity contribution in [3.05, 3.63) is 36.1 Å². The van der Waals surface area contributed by atoms with Crippen molar-refractivity contribution in [2.24, 2.45) is 0 Å². The molecule has 3 nitrogen and oxygen atoms in total. The van der Waals surface area contributed by atoms with Crippen molar-refractivity contribution < 1.29 is 9.52 Å². The van der Waals surface area contributed by atoms with Crippen LogP contribution in [0, 0.1) is 0 Å². The number of hydrogen-bond acceptors (Lipinski definition) is 4. The summed E-state index contributed by atoms with van der Waals surface area (Å²) >= 11 is 1.79. The summed E-state index contributed by atoms with van der Waals surface area (Å²) < 4.78 is 5.86. The van der Waals surface area contributed by atoms with Crippen molar-refractivity contribution >= 4 is 22.7 Å². The molecule has 0 amide bonds. The molecule has 0 spiro atoms. The molecule has 1 aromatic carbocycles. The van der Waals surface area contributed by atoms with Crippen LogP contribution < -0.4 is 5.32 Å². The van der Waals surface area contributed by atoms with Crippen LogP contribution in [0.5, 0.6) is 0 Å². The summed E-state index contributed by atoms with van der Waals surface area (Å²) in [7, 11) is 0. The second kappa shape index (κ2) is 6.98. The number of hydrogen-bond donors (Lipinski definition) is 2. The van der Waals surface area contributed by atoms with Gasteiger partial charge in [0.15, 0.2) is 0 Å². The summed E-state index contributed by atoms with van der Waals surface area (Å²) in [5, 5.41) is 13.7. The molecule has 104 valence electrons. The zero-order valence-electron chi connectivity index (χ0n) is 11.4. The average molecular weight is 279 g/mol. The molecule has 0 radical (unpaired) electrons. The van der Waals surface area contributed by atoms with E-state index in [9.17, 15) is 0 Å². The Bertz CT molecular complexity index is 473. The first kappa shape index (κ1) is 14.4. The van der Waals surface area contributed by atoms with Gasteiger partial charge in [-0.2, -0.15) is 11.8 Å². The van der Waals surface area contributed by atoms with E-state index in [0.29, 0.717) is 6.04 Å². The molecule has 0 bridgehead atoms. The van der Waals surface area contributed by atoms with Gasteiger partial charge in [0.1, 0.15) is 11.3 Å². The summed E-state index contributed by atoms with van der Waals surface area (Å²) in [5.74, 6) is 1.94. The van der Waals surface area contributed by atoms with Crippen LogP contribution in [-0.2, 0) is 0 Å². The Morgan fingerprint density at radius 3 is 2.84 bits per heavy atom. The van der Waals surface area contributed by atoms with Gasteiger partial charge in [-0.05, 0) is 31.7 Å². The van der Waals surface area contributed by atoms with Crippen LogP contribution in [0.4, 0.5) is 0 Å². The number of nitrogens with one attached hydrogen (secondary N) is 1. The van der Waals surface area contributed by atoms with E-state index in [0.717, 1.165) is 28.9 Å². The first-order valence-electron chi connectivity index (χ1n) is 6.59. The van der Waals surface area contributed by atoms with Crippen LogP contribution in [0.3, 0.4) is 0 Å². The van der Waals surface area contributed by atoms with Crippen molar-refractivity contribution in [2.45, 2.75) is 25.4 Å². The molecule has 1 aromatic heterocycles. The van der Waals surface area contributed by atoms with Crippen molar-refractivity contribution in [3.8, 4) is 0 Å². The van der Waals surface area contributed by atoms with Crippen LogP contribution in [0.15, 0.2) is 34.7 Å². The van der Waals surface area contributed by atoms with Gasteiger partial charge in [-0.15, -0.1) is 0 Å². The molecule has 0 aliphatic heterocycles. The second-order valence-corrected chi connectivity index (χ2v) is 5.65. The molecule has 2 rings (SSSR count). The number of benzene rings is 1. The molecule has 0 aliphatic rings. The first-order chi connectivity index (χ1) is 9.24. The highest BCUT2D eigenvalue weighted by Gasteiger charge is 2.15. The van der Waals surface area contributed by atoms with Crippen LogP contribution in [0.1, 0.15) is 25.1 Å². The van der Waals surface area contributed by atoms with E-state index in [1.807, 2.05) is 18.2 Å². The van der Waals surface area contributed by atoms with E-state index in [4.69, 9.17) is 9.52 Å². The fraction of sp³-hybridized carbons (Fsp3) is 0.467. The smallest absolute Gasteiger partial charge is 0.134 e. The molecule has 0 fully saturated rings.